The van der Waals surface area contributed by atoms with E-state index >= 15 is 0 Å². The van der Waals surface area contributed by atoms with Gasteiger partial charge in [-0.15, -0.1) is 12.4 Å². The van der Waals surface area contributed by atoms with Gasteiger partial charge in [0.15, 0.2) is 0 Å². The van der Waals surface area contributed by atoms with Gasteiger partial charge in [0.25, 0.3) is 0 Å². The van der Waals surface area contributed by atoms with E-state index in [2.05, 4.69) is 5.32 Å². The van der Waals surface area contributed by atoms with Gasteiger partial charge in [0, 0.05) is 18.2 Å². The highest BCUT2D eigenvalue weighted by Gasteiger charge is 2.24. The number of carbonyl (C=O) groups excluding carboxylic acids is 1. The van der Waals surface area contributed by atoms with E-state index < -0.39 is 0 Å². The maximum absolute atomic E-state index is 12.5. The van der Waals surface area contributed by atoms with E-state index in [0.29, 0.717) is 24.0 Å². The Morgan fingerprint density at radius 1 is 1.21 bits per heavy atom. The van der Waals surface area contributed by atoms with Crippen molar-refractivity contribution in [1.82, 2.24) is 5.32 Å². The Morgan fingerprint density at radius 2 is 1.79 bits per heavy atom. The third-order valence-electron chi connectivity index (χ3n) is 4.69. The topological polar surface area (TPSA) is 73.6 Å². The maximum atomic E-state index is 12.5. The Balaban J connectivity index is 0.00000288. The molecule has 5 nitrogen and oxygen atoms in total. The lowest BCUT2D eigenvalue weighted by atomic mass is 9.84. The van der Waals surface area contributed by atoms with Crippen LogP contribution in [0, 0.1) is 5.92 Å². The van der Waals surface area contributed by atoms with E-state index in [-0.39, 0.29) is 30.8 Å². The first-order valence-electron chi connectivity index (χ1n) is 8.38. The van der Waals surface area contributed by atoms with Gasteiger partial charge in [-0.25, -0.2) is 0 Å². The van der Waals surface area contributed by atoms with Crippen molar-refractivity contribution in [2.24, 2.45) is 11.7 Å². The first kappa shape index (κ1) is 20.6. The summed E-state index contributed by atoms with van der Waals surface area (Å²) >= 11 is 0. The van der Waals surface area contributed by atoms with E-state index in [4.69, 9.17) is 15.2 Å². The third-order valence-corrected chi connectivity index (χ3v) is 4.69. The minimum atomic E-state index is -0.0335. The van der Waals surface area contributed by atoms with Crippen LogP contribution in [0.5, 0.6) is 11.5 Å². The molecule has 1 aliphatic carbocycles. The lowest BCUT2D eigenvalue weighted by Gasteiger charge is -2.30. The normalized spacial score (nSPS) is 16.0. The predicted octanol–water partition coefficient (Wildman–Crippen LogP) is 2.69. The number of hydrogen-bond donors (Lipinski definition) is 2. The molecule has 0 saturated heterocycles. The quantitative estimate of drug-likeness (QED) is 0.787. The van der Waals surface area contributed by atoms with Crippen molar-refractivity contribution < 1.29 is 14.3 Å². The van der Waals surface area contributed by atoms with Crippen molar-refractivity contribution in [3.63, 3.8) is 0 Å². The lowest BCUT2D eigenvalue weighted by Crippen LogP contribution is -2.46. The summed E-state index contributed by atoms with van der Waals surface area (Å²) in [6, 6.07) is 5.59. The average molecular weight is 357 g/mol. The van der Waals surface area contributed by atoms with Crippen LogP contribution in [0.25, 0.3) is 0 Å². The lowest BCUT2D eigenvalue weighted by molar-refractivity contribution is -0.121. The second-order valence-corrected chi connectivity index (χ2v) is 6.13. The van der Waals surface area contributed by atoms with E-state index in [1.807, 2.05) is 18.2 Å². The van der Waals surface area contributed by atoms with Crippen LogP contribution >= 0.6 is 12.4 Å². The minimum Gasteiger partial charge on any atom is -0.496 e. The molecule has 0 aromatic heterocycles. The van der Waals surface area contributed by atoms with Gasteiger partial charge >= 0.3 is 0 Å². The van der Waals surface area contributed by atoms with Gasteiger partial charge in [-0.2, -0.15) is 0 Å². The summed E-state index contributed by atoms with van der Waals surface area (Å²) in [7, 11) is 3.20. The van der Waals surface area contributed by atoms with Crippen molar-refractivity contribution in [3.8, 4) is 11.5 Å². The zero-order valence-corrected chi connectivity index (χ0v) is 15.4. The van der Waals surface area contributed by atoms with Crippen molar-refractivity contribution in [1.29, 1.82) is 0 Å². The highest BCUT2D eigenvalue weighted by Crippen LogP contribution is 2.29. The zero-order chi connectivity index (χ0) is 16.7. The van der Waals surface area contributed by atoms with Crippen LogP contribution in [0.4, 0.5) is 0 Å². The van der Waals surface area contributed by atoms with E-state index in [1.54, 1.807) is 14.2 Å². The minimum absolute atomic E-state index is 0. The Morgan fingerprint density at radius 3 is 2.29 bits per heavy atom. The largest absolute Gasteiger partial charge is 0.496 e. The van der Waals surface area contributed by atoms with Crippen molar-refractivity contribution >= 4 is 18.3 Å². The predicted molar refractivity (Wildman–Crippen MR) is 98.1 cm³/mol. The number of carbonyl (C=O) groups is 1. The molecular formula is C18H29ClN2O3. The van der Waals surface area contributed by atoms with Gasteiger partial charge in [-0.1, -0.05) is 25.3 Å². The molecule has 2 rings (SSSR count). The summed E-state index contributed by atoms with van der Waals surface area (Å²) in [6.45, 7) is 0.486. The summed E-state index contributed by atoms with van der Waals surface area (Å²) in [5.41, 5.74) is 6.67. The Bertz CT molecular complexity index is 497. The molecule has 0 bridgehead atoms. The van der Waals surface area contributed by atoms with Crippen LogP contribution < -0.4 is 20.5 Å². The molecule has 24 heavy (non-hydrogen) atoms. The molecule has 0 spiro atoms. The molecule has 1 aromatic carbocycles. The summed E-state index contributed by atoms with van der Waals surface area (Å²) in [5, 5.41) is 3.11. The third kappa shape index (κ3) is 5.28. The van der Waals surface area contributed by atoms with Gasteiger partial charge in [0.05, 0.1) is 20.6 Å². The summed E-state index contributed by atoms with van der Waals surface area (Å²) < 4.78 is 10.7. The maximum Gasteiger partial charge on any atom is 0.224 e. The smallest absolute Gasteiger partial charge is 0.224 e. The first-order valence-corrected chi connectivity index (χ1v) is 8.38. The Hall–Kier alpha value is -1.46. The molecule has 0 heterocycles. The van der Waals surface area contributed by atoms with Crippen LogP contribution in [-0.4, -0.2) is 32.7 Å². The number of methoxy groups -OCH3 is 2. The number of amides is 1. The summed E-state index contributed by atoms with van der Waals surface area (Å²) in [6.07, 6.45) is 6.30. The fraction of sp³-hybridized carbons (Fsp3) is 0.611. The zero-order valence-electron chi connectivity index (χ0n) is 14.5. The standard InChI is InChI=1S/C18H28N2O3.ClH/c1-22-16-9-6-10-17(23-2)14(16)11-18(21)20-15(12-19)13-7-4-3-5-8-13;/h6,9-10,13,15H,3-5,7-8,11-12,19H2,1-2H3,(H,20,21);1H. The van der Waals surface area contributed by atoms with Crippen LogP contribution in [0.2, 0.25) is 0 Å². The highest BCUT2D eigenvalue weighted by atomic mass is 35.5. The molecule has 1 aliphatic rings. The molecule has 3 N–H and O–H groups in total. The molecule has 0 aliphatic heterocycles. The van der Waals surface area contributed by atoms with Crippen molar-refractivity contribution in [3.05, 3.63) is 23.8 Å². The van der Waals surface area contributed by atoms with Gasteiger partial charge in [0.1, 0.15) is 11.5 Å². The van der Waals surface area contributed by atoms with Gasteiger partial charge < -0.3 is 20.5 Å². The fourth-order valence-electron chi connectivity index (χ4n) is 3.43. The van der Waals surface area contributed by atoms with Crippen LogP contribution in [0.3, 0.4) is 0 Å². The number of nitrogens with one attached hydrogen (secondary N) is 1. The second kappa shape index (κ2) is 10.4. The van der Waals surface area contributed by atoms with Gasteiger partial charge in [-0.3, -0.25) is 4.79 Å². The van der Waals surface area contributed by atoms with Crippen LogP contribution in [-0.2, 0) is 11.2 Å². The summed E-state index contributed by atoms with van der Waals surface area (Å²) in [5.74, 6) is 1.80. The Kier molecular flexibility index (Phi) is 8.93. The molecule has 6 heteroatoms. The van der Waals surface area contributed by atoms with Gasteiger partial charge in [-0.05, 0) is 30.9 Å². The number of benzene rings is 1. The number of rotatable bonds is 7. The van der Waals surface area contributed by atoms with Crippen molar-refractivity contribution in [2.45, 2.75) is 44.6 Å². The van der Waals surface area contributed by atoms with Crippen LogP contribution in [0.1, 0.15) is 37.7 Å². The monoisotopic (exact) mass is 356 g/mol. The van der Waals surface area contributed by atoms with Crippen LogP contribution in [0.15, 0.2) is 18.2 Å². The number of nitrogens with two attached hydrogens (primary N) is 1. The number of ether oxygens (including phenoxy) is 2. The van der Waals surface area contributed by atoms with E-state index in [1.165, 1.54) is 19.3 Å². The molecule has 1 saturated carbocycles. The molecular weight excluding hydrogens is 328 g/mol. The molecule has 1 atom stereocenters. The second-order valence-electron chi connectivity index (χ2n) is 6.13. The molecule has 0 radical (unpaired) electrons. The molecule has 136 valence electrons. The molecule has 1 unspecified atom stereocenters. The number of halogens is 1. The Labute approximate surface area is 150 Å². The molecule has 1 amide bonds. The summed E-state index contributed by atoms with van der Waals surface area (Å²) in [4.78, 5) is 12.5. The average Bonchev–Trinajstić information content (AvgIpc) is 2.60. The first-order chi connectivity index (χ1) is 11.2. The van der Waals surface area contributed by atoms with E-state index in [9.17, 15) is 4.79 Å². The van der Waals surface area contributed by atoms with E-state index in [0.717, 1.165) is 18.4 Å². The molecule has 1 aromatic rings. The fourth-order valence-corrected chi connectivity index (χ4v) is 3.43. The highest BCUT2D eigenvalue weighted by molar-refractivity contribution is 5.85. The number of hydrogen-bond acceptors (Lipinski definition) is 4. The van der Waals surface area contributed by atoms with Gasteiger partial charge in [0.2, 0.25) is 5.91 Å². The SMILES string of the molecule is COc1cccc(OC)c1CC(=O)NC(CN)C1CCCCC1.Cl. The van der Waals surface area contributed by atoms with Crippen molar-refractivity contribution in [2.75, 3.05) is 20.8 Å². The molecule has 1 fully saturated rings.